The van der Waals surface area contributed by atoms with E-state index in [1.54, 1.807) is 12.1 Å². The van der Waals surface area contributed by atoms with Crippen molar-refractivity contribution < 1.29 is 27.8 Å². The first-order chi connectivity index (χ1) is 16.7. The standard InChI is InChI=1S/C27H35F3N2O3/c1-31-14-16-32(17-15-31)19-23(26(33)12-6-3-7-13-26)22-10-11-24(25(18-22)35-27(28,29)30)34-20-21-8-4-2-5-9-21/h2,4-5,8-11,18,23,33H,3,6-7,12-17,19-20H2,1H3. The van der Waals surface area contributed by atoms with Crippen LogP contribution in [-0.2, 0) is 6.61 Å². The molecule has 0 radical (unpaired) electrons. The number of hydrogen-bond donors (Lipinski definition) is 1. The molecule has 1 saturated carbocycles. The molecule has 0 amide bonds. The van der Waals surface area contributed by atoms with Crippen LogP contribution in [0.15, 0.2) is 48.5 Å². The molecule has 0 bridgehead atoms. The van der Waals surface area contributed by atoms with Crippen molar-refractivity contribution in [3.05, 3.63) is 59.7 Å². The first-order valence-corrected chi connectivity index (χ1v) is 12.4. The van der Waals surface area contributed by atoms with E-state index >= 15 is 0 Å². The van der Waals surface area contributed by atoms with E-state index in [0.717, 1.165) is 51.0 Å². The highest BCUT2D eigenvalue weighted by molar-refractivity contribution is 5.45. The van der Waals surface area contributed by atoms with E-state index in [1.807, 2.05) is 30.3 Å². The van der Waals surface area contributed by atoms with Gasteiger partial charge in [-0.15, -0.1) is 13.2 Å². The molecule has 2 aliphatic rings. The number of benzene rings is 2. The lowest BCUT2D eigenvalue weighted by Crippen LogP contribution is -2.50. The zero-order valence-corrected chi connectivity index (χ0v) is 20.3. The highest BCUT2D eigenvalue weighted by Gasteiger charge is 2.41. The minimum atomic E-state index is -4.85. The molecule has 192 valence electrons. The van der Waals surface area contributed by atoms with Crippen LogP contribution in [0.5, 0.6) is 11.5 Å². The first kappa shape index (κ1) is 25.8. The van der Waals surface area contributed by atoms with E-state index in [4.69, 9.17) is 4.74 Å². The molecule has 1 N–H and O–H groups in total. The minimum absolute atomic E-state index is 0.0314. The summed E-state index contributed by atoms with van der Waals surface area (Å²) in [6.45, 7) is 4.32. The van der Waals surface area contributed by atoms with Gasteiger partial charge >= 0.3 is 6.36 Å². The summed E-state index contributed by atoms with van der Waals surface area (Å²) in [5.41, 5.74) is 0.544. The van der Waals surface area contributed by atoms with Crippen LogP contribution in [0.2, 0.25) is 0 Å². The minimum Gasteiger partial charge on any atom is -0.485 e. The molecule has 8 heteroatoms. The highest BCUT2D eigenvalue weighted by Crippen LogP contribution is 2.43. The third-order valence-electron chi connectivity index (χ3n) is 7.24. The number of rotatable bonds is 8. The van der Waals surface area contributed by atoms with Crippen molar-refractivity contribution in [1.82, 2.24) is 9.80 Å². The van der Waals surface area contributed by atoms with Gasteiger partial charge in [0.2, 0.25) is 0 Å². The van der Waals surface area contributed by atoms with Gasteiger partial charge in [0.05, 0.1) is 5.60 Å². The predicted octanol–water partition coefficient (Wildman–Crippen LogP) is 5.19. The van der Waals surface area contributed by atoms with Crippen molar-refractivity contribution in [2.75, 3.05) is 39.8 Å². The van der Waals surface area contributed by atoms with Crippen LogP contribution in [0, 0.1) is 0 Å². The van der Waals surface area contributed by atoms with Crippen molar-refractivity contribution in [1.29, 1.82) is 0 Å². The molecule has 1 heterocycles. The van der Waals surface area contributed by atoms with Crippen LogP contribution >= 0.6 is 0 Å². The molecule has 2 aromatic carbocycles. The van der Waals surface area contributed by atoms with E-state index < -0.39 is 12.0 Å². The molecule has 2 aromatic rings. The Morgan fingerprint density at radius 1 is 0.943 bits per heavy atom. The summed E-state index contributed by atoms with van der Waals surface area (Å²) in [6, 6.07) is 14.0. The third kappa shape index (κ3) is 7.12. The lowest BCUT2D eigenvalue weighted by Gasteiger charge is -2.43. The Morgan fingerprint density at radius 3 is 2.29 bits per heavy atom. The zero-order chi connectivity index (χ0) is 24.9. The number of halogens is 3. The number of alkyl halides is 3. The average molecular weight is 493 g/mol. The van der Waals surface area contributed by atoms with Crippen LogP contribution in [0.4, 0.5) is 13.2 Å². The number of ether oxygens (including phenoxy) is 2. The first-order valence-electron chi connectivity index (χ1n) is 12.4. The number of nitrogens with zero attached hydrogens (tertiary/aromatic N) is 2. The maximum atomic E-state index is 13.3. The molecule has 5 nitrogen and oxygen atoms in total. The lowest BCUT2D eigenvalue weighted by molar-refractivity contribution is -0.275. The van der Waals surface area contributed by atoms with Crippen molar-refractivity contribution in [3.8, 4) is 11.5 Å². The molecule has 4 rings (SSSR count). The van der Waals surface area contributed by atoms with Gasteiger partial charge in [0.1, 0.15) is 6.61 Å². The second-order valence-corrected chi connectivity index (χ2v) is 9.85. The summed E-state index contributed by atoms with van der Waals surface area (Å²) in [5, 5.41) is 11.7. The van der Waals surface area contributed by atoms with Crippen molar-refractivity contribution in [3.63, 3.8) is 0 Å². The fourth-order valence-electron chi connectivity index (χ4n) is 5.19. The SMILES string of the molecule is CN1CCN(CC(c2ccc(OCc3ccccc3)c(OC(F)(F)F)c2)C2(O)CCCCC2)CC1. The van der Waals surface area contributed by atoms with Gasteiger partial charge in [0.25, 0.3) is 0 Å². The number of aliphatic hydroxyl groups is 1. The van der Waals surface area contributed by atoms with Gasteiger partial charge in [-0.3, -0.25) is 0 Å². The monoisotopic (exact) mass is 492 g/mol. The van der Waals surface area contributed by atoms with E-state index in [1.165, 1.54) is 6.07 Å². The lowest BCUT2D eigenvalue weighted by atomic mass is 9.72. The summed E-state index contributed by atoms with van der Waals surface area (Å²) in [4.78, 5) is 4.57. The maximum Gasteiger partial charge on any atom is 0.573 e. The van der Waals surface area contributed by atoms with Crippen LogP contribution in [0.3, 0.4) is 0 Å². The van der Waals surface area contributed by atoms with E-state index in [2.05, 4.69) is 21.6 Å². The van der Waals surface area contributed by atoms with Gasteiger partial charge in [0, 0.05) is 38.6 Å². The summed E-state index contributed by atoms with van der Waals surface area (Å²) < 4.78 is 50.1. The van der Waals surface area contributed by atoms with Crippen molar-refractivity contribution >= 4 is 0 Å². The van der Waals surface area contributed by atoms with Gasteiger partial charge < -0.3 is 24.4 Å². The molecule has 0 spiro atoms. The van der Waals surface area contributed by atoms with E-state index in [9.17, 15) is 18.3 Å². The van der Waals surface area contributed by atoms with E-state index in [-0.39, 0.29) is 24.0 Å². The molecular formula is C27H35F3N2O3. The maximum absolute atomic E-state index is 13.3. The molecule has 1 atom stereocenters. The zero-order valence-electron chi connectivity index (χ0n) is 20.3. The fourth-order valence-corrected chi connectivity index (χ4v) is 5.19. The summed E-state index contributed by atoms with van der Waals surface area (Å²) in [7, 11) is 2.08. The molecule has 35 heavy (non-hydrogen) atoms. The Bertz CT molecular complexity index is 940. The van der Waals surface area contributed by atoms with Gasteiger partial charge in [-0.25, -0.2) is 0 Å². The Labute approximate surface area is 205 Å². The molecule has 1 aliphatic carbocycles. The van der Waals surface area contributed by atoms with Crippen molar-refractivity contribution in [2.24, 2.45) is 0 Å². The van der Waals surface area contributed by atoms with Crippen LogP contribution in [0.25, 0.3) is 0 Å². The number of likely N-dealkylation sites (N-methyl/N-ethyl adjacent to an activating group) is 1. The Hall–Kier alpha value is -2.29. The summed E-state index contributed by atoms with van der Waals surface area (Å²) in [5.74, 6) is -0.650. The Kier molecular flexibility index (Phi) is 8.24. The topological polar surface area (TPSA) is 45.2 Å². The molecular weight excluding hydrogens is 457 g/mol. The van der Waals surface area contributed by atoms with Crippen LogP contribution < -0.4 is 9.47 Å². The second-order valence-electron chi connectivity index (χ2n) is 9.85. The predicted molar refractivity (Wildman–Crippen MR) is 129 cm³/mol. The summed E-state index contributed by atoms with van der Waals surface area (Å²) >= 11 is 0. The third-order valence-corrected chi connectivity index (χ3v) is 7.24. The average Bonchev–Trinajstić information content (AvgIpc) is 2.83. The second kappa shape index (κ2) is 11.2. The molecule has 2 fully saturated rings. The smallest absolute Gasteiger partial charge is 0.485 e. The molecule has 1 unspecified atom stereocenters. The largest absolute Gasteiger partial charge is 0.573 e. The fraction of sp³-hybridized carbons (Fsp3) is 0.556. The quantitative estimate of drug-likeness (QED) is 0.550. The van der Waals surface area contributed by atoms with E-state index in [0.29, 0.717) is 24.9 Å². The van der Waals surface area contributed by atoms with Crippen LogP contribution in [0.1, 0.15) is 49.1 Å². The van der Waals surface area contributed by atoms with Gasteiger partial charge in [-0.1, -0.05) is 55.7 Å². The normalized spacial score (nSPS) is 20.4. The van der Waals surface area contributed by atoms with Gasteiger partial charge in [0.15, 0.2) is 11.5 Å². The Morgan fingerprint density at radius 2 is 1.63 bits per heavy atom. The summed E-state index contributed by atoms with van der Waals surface area (Å²) in [6.07, 6.45) is -0.656. The number of hydrogen-bond acceptors (Lipinski definition) is 5. The van der Waals surface area contributed by atoms with Gasteiger partial charge in [-0.05, 0) is 43.1 Å². The molecule has 1 aliphatic heterocycles. The Balaban J connectivity index is 1.62. The van der Waals surface area contributed by atoms with Crippen LogP contribution in [-0.4, -0.2) is 66.6 Å². The highest BCUT2D eigenvalue weighted by atomic mass is 19.4. The molecule has 1 saturated heterocycles. The number of piperazine rings is 1. The molecule has 0 aromatic heterocycles. The van der Waals surface area contributed by atoms with Crippen molar-refractivity contribution in [2.45, 2.75) is 56.6 Å². The van der Waals surface area contributed by atoms with Gasteiger partial charge in [-0.2, -0.15) is 0 Å².